The number of aromatic amines is 1. The zero-order valence-corrected chi connectivity index (χ0v) is 16.3. The molecule has 156 valence electrons. The van der Waals surface area contributed by atoms with E-state index in [-0.39, 0.29) is 19.4 Å². The van der Waals surface area contributed by atoms with Crippen LogP contribution in [0.15, 0.2) is 60.8 Å². The van der Waals surface area contributed by atoms with Crippen molar-refractivity contribution in [1.82, 2.24) is 15.6 Å². The first kappa shape index (κ1) is 21.1. The maximum absolute atomic E-state index is 12.9. The van der Waals surface area contributed by atoms with Crippen LogP contribution in [0.3, 0.4) is 0 Å². The second-order valence-electron chi connectivity index (χ2n) is 6.98. The molecule has 1 aromatic heterocycles. The van der Waals surface area contributed by atoms with E-state index in [2.05, 4.69) is 15.6 Å². The van der Waals surface area contributed by atoms with Gasteiger partial charge in [0.2, 0.25) is 11.8 Å². The Kier molecular flexibility index (Phi) is 6.82. The number of carboxylic acid groups (broad SMARTS) is 1. The number of carboxylic acids is 1. The average molecular weight is 408 g/mol. The molecule has 3 aromatic rings. The van der Waals surface area contributed by atoms with Crippen LogP contribution in [0.2, 0.25) is 0 Å². The third kappa shape index (κ3) is 5.24. The first-order chi connectivity index (χ1) is 14.5. The number of hydrogen-bond donors (Lipinski definition) is 5. The normalized spacial score (nSPS) is 12.8. The summed E-state index contributed by atoms with van der Waals surface area (Å²) in [6, 6.07) is 14.6. The highest BCUT2D eigenvalue weighted by Crippen LogP contribution is 2.19. The molecule has 0 aliphatic rings. The van der Waals surface area contributed by atoms with Crippen LogP contribution in [0.4, 0.5) is 0 Å². The number of H-pyrrole nitrogens is 1. The van der Waals surface area contributed by atoms with E-state index in [0.717, 1.165) is 22.0 Å². The van der Waals surface area contributed by atoms with Gasteiger partial charge in [0.15, 0.2) is 0 Å². The molecule has 0 spiro atoms. The summed E-state index contributed by atoms with van der Waals surface area (Å²) in [7, 11) is 0. The van der Waals surface area contributed by atoms with Gasteiger partial charge in [0.1, 0.15) is 12.1 Å². The van der Waals surface area contributed by atoms with Crippen LogP contribution in [0.25, 0.3) is 10.9 Å². The maximum Gasteiger partial charge on any atom is 0.326 e. The summed E-state index contributed by atoms with van der Waals surface area (Å²) in [6.07, 6.45) is 2.07. The van der Waals surface area contributed by atoms with E-state index >= 15 is 0 Å². The van der Waals surface area contributed by atoms with Crippen LogP contribution in [0.1, 0.15) is 11.1 Å². The molecule has 8 heteroatoms. The molecule has 2 atom stereocenters. The number of carbonyl (C=O) groups is 3. The lowest BCUT2D eigenvalue weighted by Gasteiger charge is -2.21. The van der Waals surface area contributed by atoms with Crippen LogP contribution in [-0.2, 0) is 27.2 Å². The van der Waals surface area contributed by atoms with Crippen molar-refractivity contribution < 1.29 is 19.5 Å². The smallest absolute Gasteiger partial charge is 0.326 e. The van der Waals surface area contributed by atoms with Crippen molar-refractivity contribution in [3.05, 3.63) is 71.9 Å². The largest absolute Gasteiger partial charge is 0.480 e. The van der Waals surface area contributed by atoms with Gasteiger partial charge in [-0.3, -0.25) is 9.59 Å². The summed E-state index contributed by atoms with van der Waals surface area (Å²) in [5, 5.41) is 15.7. The summed E-state index contributed by atoms with van der Waals surface area (Å²) < 4.78 is 0. The Morgan fingerprint density at radius 2 is 1.63 bits per heavy atom. The number of amides is 2. The quantitative estimate of drug-likeness (QED) is 0.359. The maximum atomic E-state index is 12.9. The summed E-state index contributed by atoms with van der Waals surface area (Å²) in [6.45, 7) is -0.268. The topological polar surface area (TPSA) is 137 Å². The lowest BCUT2D eigenvalue weighted by molar-refractivity contribution is -0.142. The summed E-state index contributed by atoms with van der Waals surface area (Å²) in [5.74, 6) is -2.22. The van der Waals surface area contributed by atoms with Gasteiger partial charge in [0.05, 0.1) is 6.54 Å². The van der Waals surface area contributed by atoms with Gasteiger partial charge in [-0.2, -0.15) is 0 Å². The van der Waals surface area contributed by atoms with Gasteiger partial charge < -0.3 is 26.5 Å². The second kappa shape index (κ2) is 9.71. The fraction of sp³-hybridized carbons (Fsp3) is 0.227. The molecular formula is C22H24N4O4. The highest BCUT2D eigenvalue weighted by atomic mass is 16.4. The van der Waals surface area contributed by atoms with Crippen LogP contribution in [0, 0.1) is 0 Å². The summed E-state index contributed by atoms with van der Waals surface area (Å²) in [4.78, 5) is 39.6. The number of fused-ring (bicyclic) bond motifs is 1. The Labute approximate surface area is 173 Å². The number of carbonyl (C=O) groups excluding carboxylic acids is 2. The molecule has 1 heterocycles. The van der Waals surface area contributed by atoms with Gasteiger partial charge in [-0.25, -0.2) is 4.79 Å². The molecule has 0 aliphatic carbocycles. The number of nitrogens with one attached hydrogen (secondary N) is 3. The molecule has 3 rings (SSSR count). The molecule has 6 N–H and O–H groups in total. The van der Waals surface area contributed by atoms with Gasteiger partial charge in [0, 0.05) is 29.9 Å². The zero-order valence-electron chi connectivity index (χ0n) is 16.3. The van der Waals surface area contributed by atoms with Gasteiger partial charge in [0.25, 0.3) is 0 Å². The molecule has 0 saturated carbocycles. The number of benzene rings is 2. The Morgan fingerprint density at radius 3 is 2.33 bits per heavy atom. The zero-order chi connectivity index (χ0) is 21.5. The number of para-hydroxylation sites is 1. The minimum Gasteiger partial charge on any atom is -0.480 e. The average Bonchev–Trinajstić information content (AvgIpc) is 3.16. The van der Waals surface area contributed by atoms with Crippen molar-refractivity contribution in [2.24, 2.45) is 5.73 Å². The van der Waals surface area contributed by atoms with E-state index in [4.69, 9.17) is 5.73 Å². The summed E-state index contributed by atoms with van der Waals surface area (Å²) >= 11 is 0. The van der Waals surface area contributed by atoms with Crippen molar-refractivity contribution in [3.63, 3.8) is 0 Å². The van der Waals surface area contributed by atoms with E-state index < -0.39 is 29.9 Å². The highest BCUT2D eigenvalue weighted by Gasteiger charge is 2.27. The molecule has 0 fully saturated rings. The summed E-state index contributed by atoms with van der Waals surface area (Å²) in [5.41, 5.74) is 7.87. The number of hydrogen-bond acceptors (Lipinski definition) is 4. The molecule has 2 unspecified atom stereocenters. The number of nitrogens with two attached hydrogens (primary N) is 1. The van der Waals surface area contributed by atoms with Crippen molar-refractivity contribution in [2.45, 2.75) is 24.9 Å². The fourth-order valence-electron chi connectivity index (χ4n) is 3.31. The first-order valence-electron chi connectivity index (χ1n) is 9.59. The van der Waals surface area contributed by atoms with Crippen molar-refractivity contribution in [1.29, 1.82) is 0 Å². The molecular weight excluding hydrogens is 384 g/mol. The standard InChI is InChI=1S/C22H24N4O4/c23-12-20(27)25-18(10-14-6-2-1-3-7-14)21(28)26-19(22(29)30)11-15-13-24-17-9-5-4-8-16(15)17/h1-9,13,18-19,24H,10-12,23H2,(H,25,27)(H,26,28)(H,29,30). The monoisotopic (exact) mass is 408 g/mol. The molecule has 2 aromatic carbocycles. The molecule has 0 bridgehead atoms. The SMILES string of the molecule is NCC(=O)NC(Cc1ccccc1)C(=O)NC(Cc1c[nH]c2ccccc12)C(=O)O. The van der Waals surface area contributed by atoms with Crippen LogP contribution >= 0.6 is 0 Å². The third-order valence-corrected chi connectivity index (χ3v) is 4.83. The molecule has 8 nitrogen and oxygen atoms in total. The van der Waals surface area contributed by atoms with Crippen molar-refractivity contribution in [2.75, 3.05) is 6.54 Å². The number of aliphatic carboxylic acids is 1. The minimum atomic E-state index is -1.16. The van der Waals surface area contributed by atoms with E-state index in [1.54, 1.807) is 6.20 Å². The molecule has 0 aliphatic heterocycles. The molecule has 0 saturated heterocycles. The van der Waals surface area contributed by atoms with E-state index in [9.17, 15) is 19.5 Å². The van der Waals surface area contributed by atoms with E-state index in [1.807, 2.05) is 54.6 Å². The van der Waals surface area contributed by atoms with Crippen LogP contribution in [-0.4, -0.2) is 46.5 Å². The fourth-order valence-corrected chi connectivity index (χ4v) is 3.31. The Hall–Kier alpha value is -3.65. The molecule has 2 amide bonds. The Bertz CT molecular complexity index is 1030. The molecule has 0 radical (unpaired) electrons. The Morgan fingerprint density at radius 1 is 0.933 bits per heavy atom. The lowest BCUT2D eigenvalue weighted by Crippen LogP contribution is -2.53. The third-order valence-electron chi connectivity index (χ3n) is 4.83. The van der Waals surface area contributed by atoms with Gasteiger partial charge in [-0.15, -0.1) is 0 Å². The lowest BCUT2D eigenvalue weighted by atomic mass is 10.0. The molecule has 30 heavy (non-hydrogen) atoms. The first-order valence-corrected chi connectivity index (χ1v) is 9.59. The number of aromatic nitrogens is 1. The van der Waals surface area contributed by atoms with Crippen molar-refractivity contribution in [3.8, 4) is 0 Å². The van der Waals surface area contributed by atoms with E-state index in [1.165, 1.54) is 0 Å². The van der Waals surface area contributed by atoms with Gasteiger partial charge >= 0.3 is 5.97 Å². The minimum absolute atomic E-state index is 0.105. The second-order valence-corrected chi connectivity index (χ2v) is 6.98. The highest BCUT2D eigenvalue weighted by molar-refractivity contribution is 5.91. The van der Waals surface area contributed by atoms with Gasteiger partial charge in [-0.1, -0.05) is 48.5 Å². The Balaban J connectivity index is 1.76. The van der Waals surface area contributed by atoms with E-state index in [0.29, 0.717) is 0 Å². The predicted molar refractivity (Wildman–Crippen MR) is 113 cm³/mol. The van der Waals surface area contributed by atoms with Gasteiger partial charge in [-0.05, 0) is 17.2 Å². The van der Waals surface area contributed by atoms with Crippen molar-refractivity contribution >= 4 is 28.7 Å². The van der Waals surface area contributed by atoms with Crippen LogP contribution in [0.5, 0.6) is 0 Å². The predicted octanol–water partition coefficient (Wildman–Crippen LogP) is 0.966. The number of rotatable bonds is 9. The van der Waals surface area contributed by atoms with Crippen LogP contribution < -0.4 is 16.4 Å².